The molecule has 1 heterocycles. The maximum absolute atomic E-state index is 2.31. The van der Waals surface area contributed by atoms with Gasteiger partial charge < -0.3 is 0 Å². The fourth-order valence-electron chi connectivity index (χ4n) is 1.47. The molecule has 0 aliphatic heterocycles. The van der Waals surface area contributed by atoms with E-state index in [1.807, 2.05) is 0 Å². The first-order chi connectivity index (χ1) is 6.07. The molecule has 0 aliphatic rings. The largest absolute Gasteiger partial charge is 0.178 e. The van der Waals surface area contributed by atoms with Gasteiger partial charge in [-0.1, -0.05) is 26.8 Å². The van der Waals surface area contributed by atoms with Gasteiger partial charge in [0.1, 0.15) is 5.38 Å². The van der Waals surface area contributed by atoms with E-state index in [4.69, 9.17) is 0 Å². The van der Waals surface area contributed by atoms with Gasteiger partial charge >= 0.3 is 0 Å². The van der Waals surface area contributed by atoms with Crippen molar-refractivity contribution >= 4 is 21.4 Å². The highest BCUT2D eigenvalue weighted by Crippen LogP contribution is 2.28. The van der Waals surface area contributed by atoms with E-state index in [1.54, 1.807) is 0 Å². The Morgan fingerprint density at radius 1 is 1.08 bits per heavy atom. The Labute approximate surface area is 83.2 Å². The van der Waals surface area contributed by atoms with E-state index in [9.17, 15) is 0 Å². The van der Waals surface area contributed by atoms with Gasteiger partial charge in [0, 0.05) is 11.5 Å². The lowest BCUT2D eigenvalue weighted by atomic mass is 9.87. The van der Waals surface area contributed by atoms with E-state index < -0.39 is 0 Å². The Balaban J connectivity index is 2.61. The summed E-state index contributed by atoms with van der Waals surface area (Å²) >= 11 is 1.34. The molecule has 0 aliphatic carbocycles. The van der Waals surface area contributed by atoms with Gasteiger partial charge in [-0.05, 0) is 34.4 Å². The van der Waals surface area contributed by atoms with Crippen LogP contribution >= 0.6 is 11.3 Å². The van der Waals surface area contributed by atoms with E-state index >= 15 is 0 Å². The summed E-state index contributed by atoms with van der Waals surface area (Å²) in [5, 5.41) is 3.60. The Morgan fingerprint density at radius 2 is 1.85 bits per heavy atom. The minimum atomic E-state index is 0.266. The van der Waals surface area contributed by atoms with Gasteiger partial charge in [0.2, 0.25) is 0 Å². The number of fused-ring (bicyclic) bond motifs is 1. The Bertz CT molecular complexity index is 418. The van der Waals surface area contributed by atoms with Crippen molar-refractivity contribution < 1.29 is 0 Å². The molecule has 0 saturated carbocycles. The van der Waals surface area contributed by atoms with Gasteiger partial charge in [0.25, 0.3) is 0 Å². The molecular formula is C12H15S+. The second-order valence-electron chi connectivity index (χ2n) is 4.47. The topological polar surface area (TPSA) is 0 Å². The maximum Gasteiger partial charge on any atom is 0.178 e. The van der Waals surface area contributed by atoms with Crippen molar-refractivity contribution in [2.75, 3.05) is 0 Å². The van der Waals surface area contributed by atoms with Gasteiger partial charge in [-0.25, -0.2) is 0 Å². The first-order valence-electron chi connectivity index (χ1n) is 4.59. The fourth-order valence-corrected chi connectivity index (χ4v) is 2.31. The molecule has 0 atom stereocenters. The second-order valence-corrected chi connectivity index (χ2v) is 5.51. The zero-order chi connectivity index (χ0) is 9.47. The minimum absolute atomic E-state index is 0.266. The number of hydrogen-bond acceptors (Lipinski definition) is 0. The Morgan fingerprint density at radius 3 is 2.54 bits per heavy atom. The third kappa shape index (κ3) is 1.61. The van der Waals surface area contributed by atoms with Gasteiger partial charge in [-0.3, -0.25) is 0 Å². The Kier molecular flexibility index (Phi) is 1.92. The van der Waals surface area contributed by atoms with Gasteiger partial charge in [0.15, 0.2) is 4.70 Å². The Hall–Kier alpha value is -0.820. The van der Waals surface area contributed by atoms with Crippen molar-refractivity contribution in [1.29, 1.82) is 0 Å². The molecule has 0 saturated heterocycles. The van der Waals surface area contributed by atoms with E-state index in [0.717, 1.165) is 0 Å². The second kappa shape index (κ2) is 2.85. The lowest BCUT2D eigenvalue weighted by molar-refractivity contribution is 0.591. The van der Waals surface area contributed by atoms with Crippen molar-refractivity contribution in [3.05, 3.63) is 35.2 Å². The average Bonchev–Trinajstić information content (AvgIpc) is 2.47. The standard InChI is InChI=1S/C12H14S/c1-12(2,3)10-4-5-11-9(8-10)6-7-13-11/h4-8H,1-3H3/p+1. The molecule has 1 aromatic carbocycles. The molecule has 68 valence electrons. The molecule has 0 fully saturated rings. The van der Waals surface area contributed by atoms with Crippen LogP contribution < -0.4 is 0 Å². The molecule has 1 heteroatoms. The highest BCUT2D eigenvalue weighted by Gasteiger charge is 2.14. The molecule has 0 N–H and O–H groups in total. The van der Waals surface area contributed by atoms with E-state index in [-0.39, 0.29) is 5.41 Å². The van der Waals surface area contributed by atoms with Crippen molar-refractivity contribution in [2.24, 2.45) is 0 Å². The smallest absolute Gasteiger partial charge is 0.0561 e. The summed E-state index contributed by atoms with van der Waals surface area (Å²) in [7, 11) is 0. The first-order valence-corrected chi connectivity index (χ1v) is 5.56. The number of benzene rings is 1. The molecule has 2 aromatic rings. The summed E-state index contributed by atoms with van der Waals surface area (Å²) in [6.45, 7) is 6.77. The summed E-state index contributed by atoms with van der Waals surface area (Å²) in [6, 6.07) is 9.02. The van der Waals surface area contributed by atoms with E-state index in [1.165, 1.54) is 27.0 Å². The summed E-state index contributed by atoms with van der Waals surface area (Å²) < 4.78 is 1.44. The monoisotopic (exact) mass is 191 g/mol. The van der Waals surface area contributed by atoms with Crippen LogP contribution in [0.5, 0.6) is 0 Å². The van der Waals surface area contributed by atoms with Crippen LogP contribution in [0.15, 0.2) is 29.6 Å². The lowest BCUT2D eigenvalue weighted by Crippen LogP contribution is -2.10. The number of rotatable bonds is 0. The highest BCUT2D eigenvalue weighted by atomic mass is 32.1. The molecule has 0 unspecified atom stereocenters. The van der Waals surface area contributed by atoms with E-state index in [2.05, 4.69) is 50.4 Å². The van der Waals surface area contributed by atoms with E-state index in [0.29, 0.717) is 0 Å². The molecule has 0 bridgehead atoms. The molecule has 13 heavy (non-hydrogen) atoms. The predicted molar refractivity (Wildman–Crippen MR) is 61.9 cm³/mol. The van der Waals surface area contributed by atoms with Gasteiger partial charge in [0.05, 0.1) is 0 Å². The summed E-state index contributed by atoms with van der Waals surface area (Å²) in [6.07, 6.45) is 0. The molecular weight excluding hydrogens is 176 g/mol. The summed E-state index contributed by atoms with van der Waals surface area (Å²) in [5.41, 5.74) is 1.69. The zero-order valence-electron chi connectivity index (χ0n) is 8.33. The van der Waals surface area contributed by atoms with Crippen LogP contribution in [-0.4, -0.2) is 0 Å². The number of thiophene rings is 1. The van der Waals surface area contributed by atoms with Crippen LogP contribution in [0, 0.1) is 0 Å². The quantitative estimate of drug-likeness (QED) is 0.553. The van der Waals surface area contributed by atoms with Crippen LogP contribution in [0.1, 0.15) is 26.3 Å². The van der Waals surface area contributed by atoms with Gasteiger partial charge in [-0.15, -0.1) is 0 Å². The molecule has 0 nitrogen and oxygen atoms in total. The third-order valence-corrected chi connectivity index (χ3v) is 3.34. The summed E-state index contributed by atoms with van der Waals surface area (Å²) in [4.78, 5) is 0. The van der Waals surface area contributed by atoms with Crippen LogP contribution in [0.4, 0.5) is 0 Å². The first kappa shape index (κ1) is 8.76. The van der Waals surface area contributed by atoms with Crippen LogP contribution in [0.25, 0.3) is 10.1 Å². The SMILES string of the molecule is CC(C)(C)c1ccc2[sH+]ccc2c1. The van der Waals surface area contributed by atoms with Crippen LogP contribution in [0.2, 0.25) is 0 Å². The maximum atomic E-state index is 2.31. The molecule has 0 amide bonds. The molecule has 1 aromatic heterocycles. The molecule has 0 spiro atoms. The zero-order valence-corrected chi connectivity index (χ0v) is 9.23. The predicted octanol–water partition coefficient (Wildman–Crippen LogP) is 3.93. The lowest BCUT2D eigenvalue weighted by Gasteiger charge is -2.18. The average molecular weight is 191 g/mol. The van der Waals surface area contributed by atoms with Crippen molar-refractivity contribution in [2.45, 2.75) is 26.2 Å². The summed E-state index contributed by atoms with van der Waals surface area (Å²) in [5.74, 6) is 0. The van der Waals surface area contributed by atoms with Gasteiger partial charge in [-0.2, -0.15) is 0 Å². The third-order valence-electron chi connectivity index (χ3n) is 2.36. The highest BCUT2D eigenvalue weighted by molar-refractivity contribution is 7.17. The van der Waals surface area contributed by atoms with Crippen LogP contribution in [0.3, 0.4) is 0 Å². The van der Waals surface area contributed by atoms with Crippen molar-refractivity contribution in [1.82, 2.24) is 0 Å². The minimum Gasteiger partial charge on any atom is -0.0561 e. The van der Waals surface area contributed by atoms with Crippen LogP contribution in [-0.2, 0) is 5.41 Å². The molecule has 0 radical (unpaired) electrons. The van der Waals surface area contributed by atoms with Crippen molar-refractivity contribution in [3.8, 4) is 0 Å². The number of hydrogen-bond donors (Lipinski definition) is 0. The van der Waals surface area contributed by atoms with Crippen molar-refractivity contribution in [3.63, 3.8) is 0 Å². The molecule has 2 rings (SSSR count). The normalized spacial score (nSPS) is 12.2. The fraction of sp³-hybridized carbons (Fsp3) is 0.333.